The summed E-state index contributed by atoms with van der Waals surface area (Å²) in [5.41, 5.74) is 0. The van der Waals surface area contributed by atoms with Crippen LogP contribution >= 0.6 is 0 Å². The van der Waals surface area contributed by atoms with E-state index in [1.807, 2.05) is 0 Å². The Morgan fingerprint density at radius 3 is 2.57 bits per heavy atom. The number of nitrogens with one attached hydrogen (secondary N) is 2. The van der Waals surface area contributed by atoms with Crippen LogP contribution in [0.3, 0.4) is 0 Å². The monoisotopic (exact) mass is 197 g/mol. The molecular formula is C11H23N3. The highest BCUT2D eigenvalue weighted by atomic mass is 15.2. The molecule has 3 nitrogen and oxygen atoms in total. The maximum Gasteiger partial charge on any atom is 0.0222 e. The average molecular weight is 197 g/mol. The molecule has 0 aromatic heterocycles. The topological polar surface area (TPSA) is 27.3 Å². The first-order valence-corrected chi connectivity index (χ1v) is 6.06. The highest BCUT2D eigenvalue weighted by molar-refractivity contribution is 4.85. The first kappa shape index (κ1) is 10.4. The average Bonchev–Trinajstić information content (AvgIpc) is 2.30. The third kappa shape index (κ3) is 2.47. The molecule has 0 radical (unpaired) electrons. The molecule has 2 atom stereocenters. The van der Waals surface area contributed by atoms with Gasteiger partial charge in [-0.3, -0.25) is 4.90 Å². The van der Waals surface area contributed by atoms with Gasteiger partial charge in [0.25, 0.3) is 0 Å². The first-order valence-electron chi connectivity index (χ1n) is 6.06. The van der Waals surface area contributed by atoms with Crippen LogP contribution in [-0.4, -0.2) is 49.7 Å². The Morgan fingerprint density at radius 2 is 1.93 bits per heavy atom. The second-order valence-corrected chi connectivity index (χ2v) is 4.58. The van der Waals surface area contributed by atoms with Crippen LogP contribution in [0.4, 0.5) is 0 Å². The van der Waals surface area contributed by atoms with Gasteiger partial charge in [-0.15, -0.1) is 0 Å². The summed E-state index contributed by atoms with van der Waals surface area (Å²) in [6, 6.07) is 1.46. The maximum absolute atomic E-state index is 3.65. The normalized spacial score (nSPS) is 32.8. The largest absolute Gasteiger partial charge is 0.314 e. The molecule has 2 fully saturated rings. The van der Waals surface area contributed by atoms with Crippen LogP contribution in [0, 0.1) is 0 Å². The minimum Gasteiger partial charge on any atom is -0.314 e. The Bertz CT molecular complexity index is 142. The molecule has 0 spiro atoms. The quantitative estimate of drug-likeness (QED) is 0.672. The van der Waals surface area contributed by atoms with Gasteiger partial charge in [-0.25, -0.2) is 0 Å². The predicted octanol–water partition coefficient (Wildman–Crippen LogP) is 0.422. The summed E-state index contributed by atoms with van der Waals surface area (Å²) in [6.45, 7) is 8.38. The zero-order chi connectivity index (χ0) is 9.80. The zero-order valence-electron chi connectivity index (χ0n) is 9.26. The van der Waals surface area contributed by atoms with Gasteiger partial charge in [-0.05, 0) is 26.3 Å². The van der Waals surface area contributed by atoms with Gasteiger partial charge in [0.1, 0.15) is 0 Å². The molecule has 0 aromatic rings. The predicted molar refractivity (Wildman–Crippen MR) is 59.5 cm³/mol. The molecule has 0 amide bonds. The van der Waals surface area contributed by atoms with E-state index in [1.54, 1.807) is 0 Å². The highest BCUT2D eigenvalue weighted by Gasteiger charge is 2.25. The van der Waals surface area contributed by atoms with Crippen LogP contribution < -0.4 is 10.6 Å². The fourth-order valence-corrected chi connectivity index (χ4v) is 2.63. The molecule has 0 aliphatic carbocycles. The minimum absolute atomic E-state index is 0.720. The van der Waals surface area contributed by atoms with Crippen molar-refractivity contribution in [2.45, 2.75) is 38.3 Å². The fourth-order valence-electron chi connectivity index (χ4n) is 2.63. The molecular weight excluding hydrogens is 174 g/mol. The van der Waals surface area contributed by atoms with Crippen LogP contribution in [0.2, 0.25) is 0 Å². The van der Waals surface area contributed by atoms with E-state index in [-0.39, 0.29) is 0 Å². The molecule has 2 aliphatic heterocycles. The number of hydrogen-bond donors (Lipinski definition) is 2. The van der Waals surface area contributed by atoms with E-state index in [0.29, 0.717) is 0 Å². The van der Waals surface area contributed by atoms with Crippen LogP contribution in [-0.2, 0) is 0 Å². The number of nitrogens with zero attached hydrogens (tertiary/aromatic N) is 1. The van der Waals surface area contributed by atoms with Crippen molar-refractivity contribution in [3.8, 4) is 0 Å². The van der Waals surface area contributed by atoms with Crippen LogP contribution in [0.5, 0.6) is 0 Å². The first-order chi connectivity index (χ1) is 6.88. The summed E-state index contributed by atoms with van der Waals surface area (Å²) in [7, 11) is 0. The molecule has 2 aliphatic rings. The number of rotatable bonds is 2. The maximum atomic E-state index is 3.65. The summed E-state index contributed by atoms with van der Waals surface area (Å²) >= 11 is 0. The smallest absolute Gasteiger partial charge is 0.0222 e. The summed E-state index contributed by atoms with van der Waals surface area (Å²) in [4.78, 5) is 2.62. The Balaban J connectivity index is 1.82. The number of piperazine rings is 1. The van der Waals surface area contributed by atoms with Gasteiger partial charge >= 0.3 is 0 Å². The zero-order valence-corrected chi connectivity index (χ0v) is 9.26. The SMILES string of the molecule is C[C@H]([C@@H]1CCCCN1)N1CCNCC1. The van der Waals surface area contributed by atoms with Crippen molar-refractivity contribution in [2.75, 3.05) is 32.7 Å². The van der Waals surface area contributed by atoms with E-state index in [9.17, 15) is 0 Å². The lowest BCUT2D eigenvalue weighted by Gasteiger charge is -2.39. The summed E-state index contributed by atoms with van der Waals surface area (Å²) in [6.07, 6.45) is 4.14. The fraction of sp³-hybridized carbons (Fsp3) is 1.00. The van der Waals surface area contributed by atoms with Crippen LogP contribution in [0.25, 0.3) is 0 Å². The van der Waals surface area contributed by atoms with Crippen LogP contribution in [0.15, 0.2) is 0 Å². The lowest BCUT2D eigenvalue weighted by atomic mass is 9.97. The third-order valence-corrected chi connectivity index (χ3v) is 3.66. The molecule has 2 saturated heterocycles. The molecule has 2 rings (SSSR count). The van der Waals surface area contributed by atoms with Crippen molar-refractivity contribution in [2.24, 2.45) is 0 Å². The van der Waals surface area contributed by atoms with E-state index in [4.69, 9.17) is 0 Å². The summed E-state index contributed by atoms with van der Waals surface area (Å²) < 4.78 is 0. The summed E-state index contributed by atoms with van der Waals surface area (Å²) in [5, 5.41) is 7.06. The van der Waals surface area contributed by atoms with Gasteiger partial charge < -0.3 is 10.6 Å². The van der Waals surface area contributed by atoms with Crippen molar-refractivity contribution in [1.29, 1.82) is 0 Å². The second-order valence-electron chi connectivity index (χ2n) is 4.58. The van der Waals surface area contributed by atoms with E-state index in [1.165, 1.54) is 38.9 Å². The van der Waals surface area contributed by atoms with Crippen molar-refractivity contribution in [1.82, 2.24) is 15.5 Å². The van der Waals surface area contributed by atoms with Crippen molar-refractivity contribution < 1.29 is 0 Å². The Labute approximate surface area is 87.2 Å². The molecule has 2 N–H and O–H groups in total. The van der Waals surface area contributed by atoms with Gasteiger partial charge in [-0.1, -0.05) is 6.42 Å². The molecule has 0 bridgehead atoms. The minimum atomic E-state index is 0.720. The Morgan fingerprint density at radius 1 is 1.14 bits per heavy atom. The van der Waals surface area contributed by atoms with Crippen LogP contribution in [0.1, 0.15) is 26.2 Å². The van der Waals surface area contributed by atoms with Gasteiger partial charge in [-0.2, -0.15) is 0 Å². The molecule has 0 unspecified atom stereocenters. The number of hydrogen-bond acceptors (Lipinski definition) is 3. The highest BCUT2D eigenvalue weighted by Crippen LogP contribution is 2.14. The summed E-state index contributed by atoms with van der Waals surface area (Å²) in [5.74, 6) is 0. The molecule has 14 heavy (non-hydrogen) atoms. The molecule has 0 saturated carbocycles. The number of piperidine rings is 1. The van der Waals surface area contributed by atoms with Gasteiger partial charge in [0.05, 0.1) is 0 Å². The van der Waals surface area contributed by atoms with Gasteiger partial charge in [0, 0.05) is 38.3 Å². The van der Waals surface area contributed by atoms with E-state index in [0.717, 1.165) is 25.2 Å². The van der Waals surface area contributed by atoms with E-state index in [2.05, 4.69) is 22.5 Å². The standard InChI is InChI=1S/C11H23N3/c1-10(11-4-2-3-5-13-11)14-8-6-12-7-9-14/h10-13H,2-9H2,1H3/t10-,11+/m1/s1. The third-order valence-electron chi connectivity index (χ3n) is 3.66. The molecule has 3 heteroatoms. The van der Waals surface area contributed by atoms with E-state index >= 15 is 0 Å². The molecule has 82 valence electrons. The Hall–Kier alpha value is -0.120. The lowest BCUT2D eigenvalue weighted by molar-refractivity contribution is 0.138. The van der Waals surface area contributed by atoms with Gasteiger partial charge in [0.2, 0.25) is 0 Å². The lowest BCUT2D eigenvalue weighted by Crippen LogP contribution is -2.55. The second kappa shape index (κ2) is 5.10. The van der Waals surface area contributed by atoms with E-state index < -0.39 is 0 Å². The molecule has 2 heterocycles. The Kier molecular flexibility index (Phi) is 3.79. The van der Waals surface area contributed by atoms with Crippen molar-refractivity contribution in [3.05, 3.63) is 0 Å². The molecule has 0 aromatic carbocycles. The van der Waals surface area contributed by atoms with Crippen molar-refractivity contribution >= 4 is 0 Å². The van der Waals surface area contributed by atoms with Gasteiger partial charge in [0.15, 0.2) is 0 Å². The van der Waals surface area contributed by atoms with Crippen molar-refractivity contribution in [3.63, 3.8) is 0 Å².